The number of aliphatic hydroxyl groups is 2. The fraction of sp³-hybridized carbons (Fsp3) is 0.667. The highest BCUT2D eigenvalue weighted by Gasteiger charge is 2.26. The molecule has 0 rings (SSSR count). The summed E-state index contributed by atoms with van der Waals surface area (Å²) in [6, 6.07) is -2.46. The number of carbonyl (C=O) groups excluding carboxylic acids is 3. The summed E-state index contributed by atoms with van der Waals surface area (Å²) in [7, 11) is 1.12. The van der Waals surface area contributed by atoms with Crippen molar-refractivity contribution >= 4 is 30.5 Å². The molecule has 144 valence electrons. The van der Waals surface area contributed by atoms with Gasteiger partial charge in [-0.05, 0) is 25.2 Å². The summed E-state index contributed by atoms with van der Waals surface area (Å²) in [5, 5.41) is 20.7. The van der Waals surface area contributed by atoms with E-state index in [4.69, 9.17) is 15.6 Å². The second kappa shape index (κ2) is 12.7. The average Bonchev–Trinajstić information content (AvgIpc) is 2.57. The van der Waals surface area contributed by atoms with Crippen molar-refractivity contribution in [2.75, 3.05) is 19.5 Å². The Labute approximate surface area is 152 Å². The maximum absolute atomic E-state index is 12.0. The minimum Gasteiger partial charge on any atom is -0.467 e. The molecule has 10 heteroatoms. The number of hydrogen-bond donors (Lipinski definition) is 5. The van der Waals surface area contributed by atoms with E-state index < -0.39 is 48.7 Å². The Morgan fingerprint density at radius 1 is 1.32 bits per heavy atom. The monoisotopic (exact) mass is 378 g/mol. The van der Waals surface area contributed by atoms with Crippen LogP contribution in [0.5, 0.6) is 0 Å². The van der Waals surface area contributed by atoms with Gasteiger partial charge in [0.2, 0.25) is 5.91 Å². The molecule has 0 saturated carbocycles. The van der Waals surface area contributed by atoms with Crippen LogP contribution in [0.2, 0.25) is 0 Å². The maximum Gasteiger partial charge on any atom is 0.330 e. The predicted molar refractivity (Wildman–Crippen MR) is 92.8 cm³/mol. The SMILES string of the molecule is COC(=O)[C@@H](CO)NC(=O)CC(/C=C/CCS)OC(=O)C(N)C(C)O. The first-order chi connectivity index (χ1) is 11.8. The number of aliphatic hydroxyl groups excluding tert-OH is 2. The highest BCUT2D eigenvalue weighted by Crippen LogP contribution is 2.06. The zero-order chi connectivity index (χ0) is 19.4. The highest BCUT2D eigenvalue weighted by molar-refractivity contribution is 7.80. The van der Waals surface area contributed by atoms with E-state index in [1.807, 2.05) is 0 Å². The fourth-order valence-corrected chi connectivity index (χ4v) is 1.80. The maximum atomic E-state index is 12.0. The molecule has 0 fully saturated rings. The van der Waals surface area contributed by atoms with E-state index in [2.05, 4.69) is 22.7 Å². The van der Waals surface area contributed by atoms with Crippen LogP contribution in [0.1, 0.15) is 19.8 Å². The second-order valence-corrected chi connectivity index (χ2v) is 5.66. The van der Waals surface area contributed by atoms with Gasteiger partial charge in [0, 0.05) is 0 Å². The van der Waals surface area contributed by atoms with Crippen LogP contribution in [0.25, 0.3) is 0 Å². The summed E-state index contributed by atoms with van der Waals surface area (Å²) in [6.45, 7) is 0.706. The van der Waals surface area contributed by atoms with Crippen LogP contribution in [0.3, 0.4) is 0 Å². The van der Waals surface area contributed by atoms with Crippen molar-refractivity contribution in [3.63, 3.8) is 0 Å². The van der Waals surface area contributed by atoms with Crippen LogP contribution in [-0.4, -0.2) is 71.8 Å². The number of amides is 1. The van der Waals surface area contributed by atoms with E-state index in [-0.39, 0.29) is 6.42 Å². The van der Waals surface area contributed by atoms with Crippen molar-refractivity contribution in [1.29, 1.82) is 0 Å². The number of carbonyl (C=O) groups is 3. The molecule has 3 unspecified atom stereocenters. The number of thiol groups is 1. The molecule has 0 aromatic rings. The van der Waals surface area contributed by atoms with Gasteiger partial charge in [0.15, 0.2) is 6.04 Å². The van der Waals surface area contributed by atoms with Gasteiger partial charge in [-0.3, -0.25) is 9.59 Å². The van der Waals surface area contributed by atoms with E-state index in [1.54, 1.807) is 6.08 Å². The smallest absolute Gasteiger partial charge is 0.330 e. The first-order valence-electron chi connectivity index (χ1n) is 7.66. The summed E-state index contributed by atoms with van der Waals surface area (Å²) in [5.74, 6) is -1.74. The fourth-order valence-electron chi connectivity index (χ4n) is 1.65. The zero-order valence-electron chi connectivity index (χ0n) is 14.3. The number of methoxy groups -OCH3 is 1. The quantitative estimate of drug-likeness (QED) is 0.166. The van der Waals surface area contributed by atoms with Crippen molar-refractivity contribution in [3.8, 4) is 0 Å². The molecule has 0 heterocycles. The van der Waals surface area contributed by atoms with Crippen molar-refractivity contribution in [2.24, 2.45) is 5.73 Å². The minimum absolute atomic E-state index is 0.297. The van der Waals surface area contributed by atoms with Crippen LogP contribution in [0, 0.1) is 0 Å². The van der Waals surface area contributed by atoms with Crippen LogP contribution in [0.15, 0.2) is 12.2 Å². The number of hydrogen-bond acceptors (Lipinski definition) is 9. The molecule has 0 bridgehead atoms. The van der Waals surface area contributed by atoms with Crippen molar-refractivity contribution in [3.05, 3.63) is 12.2 Å². The van der Waals surface area contributed by atoms with Gasteiger partial charge in [-0.25, -0.2) is 4.79 Å². The molecule has 0 saturated heterocycles. The Morgan fingerprint density at radius 2 is 1.96 bits per heavy atom. The molecular weight excluding hydrogens is 352 g/mol. The Kier molecular flexibility index (Phi) is 11.9. The molecule has 1 amide bonds. The van der Waals surface area contributed by atoms with Crippen molar-refractivity contribution in [1.82, 2.24) is 5.32 Å². The molecule has 0 radical (unpaired) electrons. The number of allylic oxidation sites excluding steroid dienone is 1. The number of nitrogens with two attached hydrogens (primary N) is 1. The molecule has 5 N–H and O–H groups in total. The average molecular weight is 378 g/mol. The van der Waals surface area contributed by atoms with Gasteiger partial charge in [0.25, 0.3) is 0 Å². The van der Waals surface area contributed by atoms with E-state index in [0.717, 1.165) is 7.11 Å². The van der Waals surface area contributed by atoms with E-state index >= 15 is 0 Å². The first-order valence-corrected chi connectivity index (χ1v) is 8.29. The summed E-state index contributed by atoms with van der Waals surface area (Å²) in [6.07, 6.45) is 1.40. The molecular formula is C15H26N2O7S. The Hall–Kier alpha value is -1.62. The highest BCUT2D eigenvalue weighted by atomic mass is 32.1. The number of esters is 2. The Balaban J connectivity index is 4.89. The molecule has 0 aliphatic carbocycles. The van der Waals surface area contributed by atoms with Crippen LogP contribution in [0.4, 0.5) is 0 Å². The van der Waals surface area contributed by atoms with Gasteiger partial charge >= 0.3 is 11.9 Å². The van der Waals surface area contributed by atoms with Gasteiger partial charge in [-0.2, -0.15) is 12.6 Å². The van der Waals surface area contributed by atoms with Crippen LogP contribution < -0.4 is 11.1 Å². The van der Waals surface area contributed by atoms with Gasteiger partial charge in [0.1, 0.15) is 12.1 Å². The number of ether oxygens (including phenoxy) is 2. The third kappa shape index (κ3) is 9.44. The summed E-state index contributed by atoms with van der Waals surface area (Å²) >= 11 is 4.04. The first kappa shape index (κ1) is 23.4. The van der Waals surface area contributed by atoms with Crippen molar-refractivity contribution in [2.45, 2.75) is 44.1 Å². The minimum atomic E-state index is -1.25. The number of rotatable bonds is 11. The molecule has 0 aromatic heterocycles. The lowest BCUT2D eigenvalue weighted by atomic mass is 10.1. The summed E-state index contributed by atoms with van der Waals surface area (Å²) in [4.78, 5) is 35.2. The zero-order valence-corrected chi connectivity index (χ0v) is 15.1. The number of nitrogens with one attached hydrogen (secondary N) is 1. The lowest BCUT2D eigenvalue weighted by Gasteiger charge is -2.20. The molecule has 25 heavy (non-hydrogen) atoms. The Morgan fingerprint density at radius 3 is 2.44 bits per heavy atom. The van der Waals surface area contributed by atoms with Crippen LogP contribution in [-0.2, 0) is 23.9 Å². The summed E-state index contributed by atoms with van der Waals surface area (Å²) in [5.41, 5.74) is 5.50. The second-order valence-electron chi connectivity index (χ2n) is 5.21. The molecule has 4 atom stereocenters. The largest absolute Gasteiger partial charge is 0.467 e. The van der Waals surface area contributed by atoms with Gasteiger partial charge in [0.05, 0.1) is 26.2 Å². The molecule has 0 aliphatic heterocycles. The van der Waals surface area contributed by atoms with Crippen LogP contribution >= 0.6 is 12.6 Å². The predicted octanol–water partition coefficient (Wildman–Crippen LogP) is -1.48. The molecule has 0 spiro atoms. The summed E-state index contributed by atoms with van der Waals surface area (Å²) < 4.78 is 9.56. The third-order valence-electron chi connectivity index (χ3n) is 3.10. The van der Waals surface area contributed by atoms with Gasteiger partial charge < -0.3 is 30.7 Å². The van der Waals surface area contributed by atoms with E-state index in [0.29, 0.717) is 12.2 Å². The van der Waals surface area contributed by atoms with Gasteiger partial charge in [-0.1, -0.05) is 6.08 Å². The molecule has 0 aliphatic rings. The Bertz CT molecular complexity index is 471. The lowest BCUT2D eigenvalue weighted by molar-refractivity contribution is -0.153. The normalized spacial score (nSPS) is 15.9. The molecule has 9 nitrogen and oxygen atoms in total. The topological polar surface area (TPSA) is 148 Å². The van der Waals surface area contributed by atoms with Gasteiger partial charge in [-0.15, -0.1) is 0 Å². The van der Waals surface area contributed by atoms with E-state index in [9.17, 15) is 19.5 Å². The lowest BCUT2D eigenvalue weighted by Crippen LogP contribution is -2.46. The standard InChI is InChI=1S/C15H26N2O7S/c1-9(19)13(16)15(22)24-10(5-3-4-6-25)7-12(20)17-11(8-18)14(21)23-2/h3,5,9-11,13,18-19,25H,4,6-8,16H2,1-2H3,(H,17,20)/b5-3+/t9?,10?,11-,13?/m1/s1. The van der Waals surface area contributed by atoms with E-state index in [1.165, 1.54) is 13.0 Å². The third-order valence-corrected chi connectivity index (χ3v) is 3.35. The molecule has 0 aromatic carbocycles. The van der Waals surface area contributed by atoms with Crippen molar-refractivity contribution < 1.29 is 34.1 Å².